The predicted molar refractivity (Wildman–Crippen MR) is 73.2 cm³/mol. The Kier molecular flexibility index (Phi) is 4.15. The molecule has 1 aromatic carbocycles. The molecule has 1 saturated heterocycles. The van der Waals surface area contributed by atoms with Gasteiger partial charge in [-0.2, -0.15) is 0 Å². The lowest BCUT2D eigenvalue weighted by Gasteiger charge is -2.25. The molecule has 1 aliphatic heterocycles. The van der Waals surface area contributed by atoms with Gasteiger partial charge in [-0.15, -0.1) is 0 Å². The topological polar surface area (TPSA) is 47.9 Å². The zero-order chi connectivity index (χ0) is 12.1. The summed E-state index contributed by atoms with van der Waals surface area (Å²) in [6.07, 6.45) is 4.80. The minimum Gasteiger partial charge on any atom is -0.382 e. The van der Waals surface area contributed by atoms with E-state index >= 15 is 0 Å². The van der Waals surface area contributed by atoms with E-state index in [9.17, 15) is 0 Å². The molecule has 92 valence electrons. The van der Waals surface area contributed by atoms with Crippen molar-refractivity contribution in [1.29, 1.82) is 5.41 Å². The van der Waals surface area contributed by atoms with E-state index in [4.69, 9.17) is 5.41 Å². The molecular formula is C14H21N3. The number of hydrogen-bond donors (Lipinski definition) is 3. The van der Waals surface area contributed by atoms with Crippen LogP contribution in [0.4, 0.5) is 5.69 Å². The van der Waals surface area contributed by atoms with E-state index in [-0.39, 0.29) is 0 Å². The van der Waals surface area contributed by atoms with Crippen molar-refractivity contribution in [3.05, 3.63) is 29.3 Å². The number of rotatable bonds is 4. The van der Waals surface area contributed by atoms with E-state index in [1.807, 2.05) is 6.07 Å². The van der Waals surface area contributed by atoms with Crippen molar-refractivity contribution < 1.29 is 0 Å². The molecule has 0 bridgehead atoms. The Hall–Kier alpha value is -1.35. The lowest BCUT2D eigenvalue weighted by molar-refractivity contribution is 0.479. The summed E-state index contributed by atoms with van der Waals surface area (Å²) in [6, 6.07) is 6.87. The molecule has 0 atom stereocenters. The van der Waals surface area contributed by atoms with Crippen molar-refractivity contribution in [3.63, 3.8) is 0 Å². The predicted octanol–water partition coefficient (Wildman–Crippen LogP) is 2.41. The maximum absolute atomic E-state index is 7.45. The van der Waals surface area contributed by atoms with Crippen molar-refractivity contribution >= 4 is 11.9 Å². The van der Waals surface area contributed by atoms with Gasteiger partial charge in [-0.05, 0) is 44.0 Å². The third kappa shape index (κ3) is 3.07. The van der Waals surface area contributed by atoms with Crippen LogP contribution in [0.25, 0.3) is 0 Å². The molecule has 1 fully saturated rings. The summed E-state index contributed by atoms with van der Waals surface area (Å²) in [5, 5.41) is 14.4. The second-order valence-corrected chi connectivity index (χ2v) is 4.59. The van der Waals surface area contributed by atoms with Crippen LogP contribution in [-0.2, 0) is 6.42 Å². The number of aryl methyl sites for hydroxylation is 1. The Balaban J connectivity index is 2.14. The Morgan fingerprint density at radius 3 is 2.82 bits per heavy atom. The molecule has 3 heteroatoms. The Morgan fingerprint density at radius 1 is 1.41 bits per heavy atom. The molecule has 1 aromatic rings. The molecular weight excluding hydrogens is 210 g/mol. The van der Waals surface area contributed by atoms with Crippen molar-refractivity contribution in [2.24, 2.45) is 0 Å². The molecule has 0 saturated carbocycles. The van der Waals surface area contributed by atoms with Crippen molar-refractivity contribution in [2.75, 3.05) is 18.4 Å². The van der Waals surface area contributed by atoms with Gasteiger partial charge in [-0.3, -0.25) is 0 Å². The maximum Gasteiger partial charge on any atom is 0.0434 e. The summed E-state index contributed by atoms with van der Waals surface area (Å²) in [5.74, 6) is 0. The highest BCUT2D eigenvalue weighted by Crippen LogP contribution is 2.20. The van der Waals surface area contributed by atoms with E-state index in [1.54, 1.807) is 0 Å². The Morgan fingerprint density at radius 2 is 2.18 bits per heavy atom. The summed E-state index contributed by atoms with van der Waals surface area (Å²) in [6.45, 7) is 4.34. The van der Waals surface area contributed by atoms with Gasteiger partial charge in [0.1, 0.15) is 0 Å². The molecule has 0 aromatic heterocycles. The fraction of sp³-hybridized carbons (Fsp3) is 0.500. The van der Waals surface area contributed by atoms with E-state index in [2.05, 4.69) is 29.7 Å². The first-order valence-electron chi connectivity index (χ1n) is 6.44. The van der Waals surface area contributed by atoms with Gasteiger partial charge in [-0.25, -0.2) is 0 Å². The highest BCUT2D eigenvalue weighted by Gasteiger charge is 2.13. The monoisotopic (exact) mass is 231 g/mol. The van der Waals surface area contributed by atoms with Gasteiger partial charge in [0.25, 0.3) is 0 Å². The zero-order valence-electron chi connectivity index (χ0n) is 10.4. The molecule has 1 heterocycles. The average Bonchev–Trinajstić information content (AvgIpc) is 2.40. The van der Waals surface area contributed by atoms with E-state index in [0.717, 1.165) is 43.6 Å². The summed E-state index contributed by atoms with van der Waals surface area (Å²) >= 11 is 0. The largest absolute Gasteiger partial charge is 0.382 e. The SMILES string of the molecule is CCc1ccc(C=N)c(NC2CCNCC2)c1. The zero-order valence-corrected chi connectivity index (χ0v) is 10.4. The van der Waals surface area contributed by atoms with Crippen molar-refractivity contribution in [3.8, 4) is 0 Å². The quantitative estimate of drug-likeness (QED) is 0.697. The highest BCUT2D eigenvalue weighted by molar-refractivity contribution is 5.86. The van der Waals surface area contributed by atoms with Gasteiger partial charge in [0.2, 0.25) is 0 Å². The second kappa shape index (κ2) is 5.82. The maximum atomic E-state index is 7.45. The lowest BCUT2D eigenvalue weighted by atomic mass is 10.0. The number of nitrogens with one attached hydrogen (secondary N) is 3. The molecule has 0 radical (unpaired) electrons. The minimum atomic E-state index is 0.544. The number of piperidine rings is 1. The van der Waals surface area contributed by atoms with Crippen LogP contribution >= 0.6 is 0 Å². The van der Waals surface area contributed by atoms with Crippen molar-refractivity contribution in [1.82, 2.24) is 5.32 Å². The number of hydrogen-bond acceptors (Lipinski definition) is 3. The van der Waals surface area contributed by atoms with Crippen LogP contribution in [0.2, 0.25) is 0 Å². The molecule has 1 aliphatic rings. The molecule has 0 unspecified atom stereocenters. The summed E-state index contributed by atoms with van der Waals surface area (Å²) in [5.41, 5.74) is 3.43. The molecule has 3 nitrogen and oxygen atoms in total. The van der Waals surface area contributed by atoms with Crippen LogP contribution in [0, 0.1) is 5.41 Å². The van der Waals surface area contributed by atoms with Gasteiger partial charge >= 0.3 is 0 Å². The fourth-order valence-electron chi connectivity index (χ4n) is 2.26. The Labute approximate surface area is 103 Å². The number of anilines is 1. The van der Waals surface area contributed by atoms with Crippen molar-refractivity contribution in [2.45, 2.75) is 32.2 Å². The molecule has 0 amide bonds. The molecule has 0 spiro atoms. The van der Waals surface area contributed by atoms with Gasteiger partial charge in [0.15, 0.2) is 0 Å². The van der Waals surface area contributed by atoms with E-state index < -0.39 is 0 Å². The van der Waals surface area contributed by atoms with Gasteiger partial charge < -0.3 is 16.0 Å². The fourth-order valence-corrected chi connectivity index (χ4v) is 2.26. The van der Waals surface area contributed by atoms with Gasteiger partial charge in [-0.1, -0.05) is 19.1 Å². The lowest BCUT2D eigenvalue weighted by Crippen LogP contribution is -2.35. The minimum absolute atomic E-state index is 0.544. The van der Waals surface area contributed by atoms with Crippen LogP contribution in [0.3, 0.4) is 0 Å². The standard InChI is InChI=1S/C14H21N3/c1-2-11-3-4-12(10-15)14(9-11)17-13-5-7-16-8-6-13/h3-4,9-10,13,15-17H,2,5-8H2,1H3. The van der Waals surface area contributed by atoms with E-state index in [1.165, 1.54) is 11.8 Å². The van der Waals surface area contributed by atoms with Crippen LogP contribution < -0.4 is 10.6 Å². The van der Waals surface area contributed by atoms with Gasteiger partial charge in [0, 0.05) is 23.5 Å². The number of benzene rings is 1. The summed E-state index contributed by atoms with van der Waals surface area (Å²) < 4.78 is 0. The van der Waals surface area contributed by atoms with Crippen LogP contribution in [0.5, 0.6) is 0 Å². The van der Waals surface area contributed by atoms with Gasteiger partial charge in [0.05, 0.1) is 0 Å². The summed E-state index contributed by atoms with van der Waals surface area (Å²) in [4.78, 5) is 0. The van der Waals surface area contributed by atoms with Crippen LogP contribution in [0.15, 0.2) is 18.2 Å². The molecule has 3 N–H and O–H groups in total. The first kappa shape index (κ1) is 12.1. The molecule has 0 aliphatic carbocycles. The van der Waals surface area contributed by atoms with Crippen LogP contribution in [0.1, 0.15) is 30.9 Å². The smallest absolute Gasteiger partial charge is 0.0434 e. The third-order valence-corrected chi connectivity index (χ3v) is 3.38. The molecule has 2 rings (SSSR count). The Bertz CT molecular complexity index is 381. The summed E-state index contributed by atoms with van der Waals surface area (Å²) in [7, 11) is 0. The normalized spacial score (nSPS) is 16.8. The average molecular weight is 231 g/mol. The first-order chi connectivity index (χ1) is 8.33. The second-order valence-electron chi connectivity index (χ2n) is 4.59. The van der Waals surface area contributed by atoms with Crippen LogP contribution in [-0.4, -0.2) is 25.3 Å². The highest BCUT2D eigenvalue weighted by atomic mass is 15.0. The third-order valence-electron chi connectivity index (χ3n) is 3.38. The molecule has 17 heavy (non-hydrogen) atoms. The van der Waals surface area contributed by atoms with E-state index in [0.29, 0.717) is 6.04 Å². The first-order valence-corrected chi connectivity index (χ1v) is 6.44.